The second-order valence-corrected chi connectivity index (χ2v) is 9.45. The van der Waals surface area contributed by atoms with Crippen molar-refractivity contribution < 1.29 is 27.2 Å². The summed E-state index contributed by atoms with van der Waals surface area (Å²) in [4.78, 5) is 28.0. The third-order valence-corrected chi connectivity index (χ3v) is 7.23. The van der Waals surface area contributed by atoms with Gasteiger partial charge in [0.1, 0.15) is 17.2 Å². The number of nitrogens with one attached hydrogen (secondary N) is 1. The van der Waals surface area contributed by atoms with Crippen LogP contribution in [0.3, 0.4) is 0 Å². The predicted octanol–water partition coefficient (Wildman–Crippen LogP) is 6.36. The highest BCUT2D eigenvalue weighted by molar-refractivity contribution is 7.99. The van der Waals surface area contributed by atoms with Crippen LogP contribution in [0, 0.1) is 19.7 Å². The van der Waals surface area contributed by atoms with Gasteiger partial charge in [-0.15, -0.1) is 11.8 Å². The number of benzene rings is 3. The Morgan fingerprint density at radius 2 is 1.69 bits per heavy atom. The number of anilines is 1. The van der Waals surface area contributed by atoms with Crippen molar-refractivity contribution in [2.45, 2.75) is 31.4 Å². The summed E-state index contributed by atoms with van der Waals surface area (Å²) in [7, 11) is 0. The number of carbonyl (C=O) groups is 2. The van der Waals surface area contributed by atoms with Crippen LogP contribution in [-0.2, 0) is 11.0 Å². The van der Waals surface area contributed by atoms with Crippen LogP contribution >= 0.6 is 11.8 Å². The number of amides is 2. The Labute approximate surface area is 204 Å². The summed E-state index contributed by atoms with van der Waals surface area (Å²) in [5.41, 5.74) is 2.29. The summed E-state index contributed by atoms with van der Waals surface area (Å²) in [6, 6.07) is 14.1. The minimum Gasteiger partial charge on any atom is -0.324 e. The first-order valence-corrected chi connectivity index (χ1v) is 11.8. The number of aryl methyl sites for hydroxylation is 2. The summed E-state index contributed by atoms with van der Waals surface area (Å²) < 4.78 is 52.9. The van der Waals surface area contributed by atoms with Crippen molar-refractivity contribution in [3.05, 3.63) is 100 Å². The average molecular weight is 503 g/mol. The van der Waals surface area contributed by atoms with Crippen LogP contribution in [0.25, 0.3) is 0 Å². The van der Waals surface area contributed by atoms with Gasteiger partial charge < -0.3 is 10.2 Å². The number of rotatable bonds is 4. The van der Waals surface area contributed by atoms with Crippen molar-refractivity contribution in [3.63, 3.8) is 0 Å². The smallest absolute Gasteiger partial charge is 0.324 e. The van der Waals surface area contributed by atoms with Crippen LogP contribution in [0.5, 0.6) is 0 Å². The molecule has 0 saturated carbocycles. The van der Waals surface area contributed by atoms with E-state index < -0.39 is 40.8 Å². The van der Waals surface area contributed by atoms with E-state index in [1.54, 1.807) is 6.07 Å². The van der Waals surface area contributed by atoms with Gasteiger partial charge in [0, 0.05) is 17.0 Å². The summed E-state index contributed by atoms with van der Waals surface area (Å²) in [6.45, 7) is 3.86. The maximum absolute atomic E-state index is 13.8. The molecule has 1 aliphatic rings. The molecule has 2 atom stereocenters. The van der Waals surface area contributed by atoms with Crippen LogP contribution in [0.15, 0.2) is 66.7 Å². The molecule has 3 aromatic carbocycles. The van der Waals surface area contributed by atoms with Gasteiger partial charge in [-0.2, -0.15) is 13.2 Å². The molecule has 35 heavy (non-hydrogen) atoms. The Kier molecular flexibility index (Phi) is 6.89. The van der Waals surface area contributed by atoms with E-state index in [-0.39, 0.29) is 11.3 Å². The van der Waals surface area contributed by atoms with E-state index in [1.165, 1.54) is 47.0 Å². The van der Waals surface area contributed by atoms with Gasteiger partial charge in [0.25, 0.3) is 5.91 Å². The fraction of sp³-hybridized carbons (Fsp3) is 0.231. The van der Waals surface area contributed by atoms with Crippen molar-refractivity contribution in [1.29, 1.82) is 0 Å². The van der Waals surface area contributed by atoms with E-state index in [1.807, 2.05) is 26.0 Å². The minimum atomic E-state index is -4.49. The number of nitrogens with zero attached hydrogens (tertiary/aromatic N) is 1. The predicted molar refractivity (Wildman–Crippen MR) is 128 cm³/mol. The van der Waals surface area contributed by atoms with Crippen molar-refractivity contribution in [3.8, 4) is 0 Å². The van der Waals surface area contributed by atoms with Crippen molar-refractivity contribution in [2.75, 3.05) is 11.1 Å². The molecule has 1 N–H and O–H groups in total. The normalized spacial score (nSPS) is 17.9. The Morgan fingerprint density at radius 3 is 2.31 bits per heavy atom. The van der Waals surface area contributed by atoms with Crippen LogP contribution in [0.1, 0.15) is 38.0 Å². The highest BCUT2D eigenvalue weighted by atomic mass is 32.2. The van der Waals surface area contributed by atoms with E-state index in [2.05, 4.69) is 5.32 Å². The summed E-state index contributed by atoms with van der Waals surface area (Å²) >= 11 is 1.27. The molecule has 0 radical (unpaired) electrons. The Balaban J connectivity index is 1.67. The number of alkyl halides is 3. The molecule has 1 fully saturated rings. The largest absolute Gasteiger partial charge is 0.416 e. The quantitative estimate of drug-likeness (QED) is 0.423. The fourth-order valence-corrected chi connectivity index (χ4v) is 5.29. The number of halogens is 4. The maximum Gasteiger partial charge on any atom is 0.416 e. The van der Waals surface area contributed by atoms with Gasteiger partial charge in [0.2, 0.25) is 5.91 Å². The molecule has 0 bridgehead atoms. The van der Waals surface area contributed by atoms with Gasteiger partial charge >= 0.3 is 6.18 Å². The zero-order chi connectivity index (χ0) is 25.3. The number of carbonyl (C=O) groups excluding carboxylic acids is 2. The number of thioether (sulfide) groups is 1. The molecule has 2 unspecified atom stereocenters. The molecular weight excluding hydrogens is 480 g/mol. The molecule has 0 aliphatic carbocycles. The summed E-state index contributed by atoms with van der Waals surface area (Å²) in [5, 5.41) is 2.11. The van der Waals surface area contributed by atoms with Gasteiger partial charge in [-0.25, -0.2) is 4.39 Å². The van der Waals surface area contributed by atoms with E-state index in [0.29, 0.717) is 11.3 Å². The van der Waals surface area contributed by atoms with Crippen molar-refractivity contribution >= 4 is 29.3 Å². The van der Waals surface area contributed by atoms with Crippen LogP contribution in [-0.4, -0.2) is 28.5 Å². The minimum absolute atomic E-state index is 0.0494. The van der Waals surface area contributed by atoms with E-state index in [0.717, 1.165) is 29.3 Å². The molecule has 3 aromatic rings. The van der Waals surface area contributed by atoms with Gasteiger partial charge in [0.05, 0.1) is 5.56 Å². The molecule has 182 valence electrons. The summed E-state index contributed by atoms with van der Waals surface area (Å²) in [6.07, 6.45) is -4.49. The lowest BCUT2D eigenvalue weighted by atomic mass is 10.1. The first-order chi connectivity index (χ1) is 16.5. The average Bonchev–Trinajstić information content (AvgIpc) is 3.26. The van der Waals surface area contributed by atoms with Gasteiger partial charge in [-0.1, -0.05) is 24.3 Å². The van der Waals surface area contributed by atoms with E-state index in [9.17, 15) is 27.2 Å². The monoisotopic (exact) mass is 502 g/mol. The van der Waals surface area contributed by atoms with Gasteiger partial charge in [-0.3, -0.25) is 9.59 Å². The van der Waals surface area contributed by atoms with Crippen molar-refractivity contribution in [1.82, 2.24) is 4.90 Å². The molecule has 0 spiro atoms. The molecule has 9 heteroatoms. The Morgan fingerprint density at radius 1 is 0.971 bits per heavy atom. The number of hydrogen-bond donors (Lipinski definition) is 1. The lowest BCUT2D eigenvalue weighted by Crippen LogP contribution is -2.45. The first kappa shape index (κ1) is 24.8. The Hall–Kier alpha value is -3.33. The molecule has 0 aromatic heterocycles. The molecule has 1 aliphatic heterocycles. The molecule has 4 nitrogen and oxygen atoms in total. The fourth-order valence-electron chi connectivity index (χ4n) is 3.87. The molecule has 1 heterocycles. The van der Waals surface area contributed by atoms with E-state index >= 15 is 0 Å². The lowest BCUT2D eigenvalue weighted by Gasteiger charge is -2.29. The zero-order valence-corrected chi connectivity index (χ0v) is 19.7. The van der Waals surface area contributed by atoms with Gasteiger partial charge in [0.15, 0.2) is 0 Å². The molecule has 2 amide bonds. The third-order valence-electron chi connectivity index (χ3n) is 5.91. The lowest BCUT2D eigenvalue weighted by molar-refractivity contribution is -0.137. The number of hydrogen-bond acceptors (Lipinski definition) is 3. The van der Waals surface area contributed by atoms with Crippen LogP contribution in [0.2, 0.25) is 0 Å². The topological polar surface area (TPSA) is 49.4 Å². The second-order valence-electron chi connectivity index (χ2n) is 8.33. The van der Waals surface area contributed by atoms with Crippen molar-refractivity contribution in [2.24, 2.45) is 0 Å². The Bertz CT molecular complexity index is 1260. The first-order valence-electron chi connectivity index (χ1n) is 10.8. The van der Waals surface area contributed by atoms with Gasteiger partial charge in [-0.05, 0) is 73.0 Å². The molecular formula is C26H22F4N2O2S. The van der Waals surface area contributed by atoms with E-state index in [4.69, 9.17) is 0 Å². The van der Waals surface area contributed by atoms with Crippen LogP contribution < -0.4 is 5.32 Å². The zero-order valence-electron chi connectivity index (χ0n) is 18.9. The SMILES string of the molecule is Cc1ccc(NC(=O)C2CSC(c3ccc(C(F)(F)F)cc3)N2C(=O)c2cccc(F)c2)cc1C. The maximum atomic E-state index is 13.8. The summed E-state index contributed by atoms with van der Waals surface area (Å²) in [5.74, 6) is -1.40. The highest BCUT2D eigenvalue weighted by Gasteiger charge is 2.43. The second kappa shape index (κ2) is 9.73. The standard InChI is InChI=1S/C26H22F4N2O2S/c1-15-6-11-21(12-16(15)2)31-23(33)22-14-35-25(17-7-9-19(10-8-17)26(28,29)30)32(22)24(34)18-4-3-5-20(27)13-18/h3-13,22,25H,14H2,1-2H3,(H,31,33). The highest BCUT2D eigenvalue weighted by Crippen LogP contribution is 2.43. The van der Waals surface area contributed by atoms with Crippen LogP contribution in [0.4, 0.5) is 23.2 Å². The molecule has 1 saturated heterocycles. The molecule has 4 rings (SSSR count). The third kappa shape index (κ3) is 5.35.